The molecule has 2 heterocycles. The molecule has 0 atom stereocenters. The molecule has 3 rings (SSSR count). The average Bonchev–Trinajstić information content (AvgIpc) is 2.82. The lowest BCUT2D eigenvalue weighted by Crippen LogP contribution is -2.04. The highest BCUT2D eigenvalue weighted by Gasteiger charge is 2.14. The van der Waals surface area contributed by atoms with Gasteiger partial charge in [0, 0.05) is 29.6 Å². The lowest BCUT2D eigenvalue weighted by atomic mass is 10.1. The van der Waals surface area contributed by atoms with E-state index in [1.807, 2.05) is 25.1 Å². The van der Waals surface area contributed by atoms with E-state index in [2.05, 4.69) is 35.5 Å². The zero-order chi connectivity index (χ0) is 15.0. The minimum atomic E-state index is 0.744. The fourth-order valence-corrected chi connectivity index (χ4v) is 2.72. The molecule has 21 heavy (non-hydrogen) atoms. The van der Waals surface area contributed by atoms with Crippen molar-refractivity contribution in [3.05, 3.63) is 41.9 Å². The Morgan fingerprint density at radius 3 is 2.57 bits per heavy atom. The van der Waals surface area contributed by atoms with Gasteiger partial charge in [0.15, 0.2) is 0 Å². The van der Waals surface area contributed by atoms with Gasteiger partial charge in [-0.25, -0.2) is 4.98 Å². The van der Waals surface area contributed by atoms with Crippen LogP contribution < -0.4 is 5.73 Å². The van der Waals surface area contributed by atoms with Crippen molar-refractivity contribution < 1.29 is 0 Å². The summed E-state index contributed by atoms with van der Waals surface area (Å²) in [5.74, 6) is 1.78. The van der Waals surface area contributed by atoms with Crippen molar-refractivity contribution in [3.63, 3.8) is 0 Å². The summed E-state index contributed by atoms with van der Waals surface area (Å²) in [5.41, 5.74) is 10.2. The third-order valence-corrected chi connectivity index (χ3v) is 3.82. The molecule has 1 aromatic carbocycles. The molecule has 108 valence electrons. The van der Waals surface area contributed by atoms with Crippen LogP contribution in [0, 0.1) is 6.92 Å². The number of pyridine rings is 1. The van der Waals surface area contributed by atoms with Crippen molar-refractivity contribution >= 4 is 16.7 Å². The first-order chi connectivity index (χ1) is 10.1. The molecular formula is C17H20N4. The van der Waals surface area contributed by atoms with E-state index in [-0.39, 0.29) is 0 Å². The molecule has 4 nitrogen and oxygen atoms in total. The molecule has 0 aliphatic heterocycles. The van der Waals surface area contributed by atoms with Crippen molar-refractivity contribution in [2.45, 2.75) is 33.7 Å². The van der Waals surface area contributed by atoms with Crippen LogP contribution in [0.5, 0.6) is 0 Å². The first kappa shape index (κ1) is 13.6. The van der Waals surface area contributed by atoms with Gasteiger partial charge in [-0.3, -0.25) is 4.98 Å². The molecule has 0 fully saturated rings. The number of aromatic nitrogens is 3. The van der Waals surface area contributed by atoms with E-state index in [9.17, 15) is 0 Å². The molecule has 2 N–H and O–H groups in total. The van der Waals surface area contributed by atoms with Crippen molar-refractivity contribution in [3.8, 4) is 11.3 Å². The predicted molar refractivity (Wildman–Crippen MR) is 87.2 cm³/mol. The van der Waals surface area contributed by atoms with Crippen LogP contribution in [0.4, 0.5) is 5.82 Å². The summed E-state index contributed by atoms with van der Waals surface area (Å²) < 4.78 is 2.08. The van der Waals surface area contributed by atoms with Crippen LogP contribution in [0.2, 0.25) is 0 Å². The molecule has 0 saturated heterocycles. The lowest BCUT2D eigenvalue weighted by Gasteiger charge is -2.05. The highest BCUT2D eigenvalue weighted by molar-refractivity contribution is 5.85. The molecule has 0 radical (unpaired) electrons. The van der Waals surface area contributed by atoms with Gasteiger partial charge in [-0.1, -0.05) is 19.1 Å². The molecule has 0 aliphatic rings. The van der Waals surface area contributed by atoms with Crippen LogP contribution in [-0.4, -0.2) is 14.5 Å². The van der Waals surface area contributed by atoms with E-state index in [1.165, 1.54) is 0 Å². The molecule has 0 saturated carbocycles. The Morgan fingerprint density at radius 1 is 1.10 bits per heavy atom. The van der Waals surface area contributed by atoms with Crippen LogP contribution in [-0.2, 0) is 13.0 Å². The largest absolute Gasteiger partial charge is 0.383 e. The fourth-order valence-electron chi connectivity index (χ4n) is 2.72. The van der Waals surface area contributed by atoms with Crippen molar-refractivity contribution in [1.29, 1.82) is 0 Å². The molecule has 0 amide bonds. The number of anilines is 1. The molecule has 0 spiro atoms. The van der Waals surface area contributed by atoms with Crippen LogP contribution in [0.15, 0.2) is 30.3 Å². The summed E-state index contributed by atoms with van der Waals surface area (Å²) in [6, 6.07) is 10.3. The van der Waals surface area contributed by atoms with Gasteiger partial charge in [0.2, 0.25) is 0 Å². The quantitative estimate of drug-likeness (QED) is 0.798. The number of aryl methyl sites for hydroxylation is 2. The van der Waals surface area contributed by atoms with Crippen molar-refractivity contribution in [2.75, 3.05) is 5.73 Å². The molecule has 4 heteroatoms. The summed E-state index contributed by atoms with van der Waals surface area (Å²) in [6.07, 6.45) is 0.881. The minimum absolute atomic E-state index is 0.744. The maximum atomic E-state index is 6.28. The Kier molecular flexibility index (Phi) is 3.37. The number of hydrogen-bond donors (Lipinski definition) is 1. The number of benzene rings is 1. The lowest BCUT2D eigenvalue weighted by molar-refractivity contribution is 0.713. The number of fused-ring (bicyclic) bond motifs is 1. The van der Waals surface area contributed by atoms with Gasteiger partial charge in [-0.15, -0.1) is 0 Å². The standard InChI is InChI=1S/C17H20N4/c1-4-15-20-16(17(18)21(15)5-2)13-8-9-14-12(10-13)7-6-11(3)19-14/h6-10H,4-5,18H2,1-3H3. The second kappa shape index (κ2) is 5.20. The van der Waals surface area contributed by atoms with Crippen molar-refractivity contribution in [1.82, 2.24) is 14.5 Å². The molecule has 0 unspecified atom stereocenters. The zero-order valence-electron chi connectivity index (χ0n) is 12.7. The van der Waals surface area contributed by atoms with Gasteiger partial charge < -0.3 is 10.3 Å². The van der Waals surface area contributed by atoms with Gasteiger partial charge in [-0.05, 0) is 32.0 Å². The van der Waals surface area contributed by atoms with E-state index < -0.39 is 0 Å². The van der Waals surface area contributed by atoms with Gasteiger partial charge in [0.25, 0.3) is 0 Å². The number of nitrogens with two attached hydrogens (primary N) is 1. The van der Waals surface area contributed by atoms with E-state index in [0.29, 0.717) is 0 Å². The average molecular weight is 280 g/mol. The van der Waals surface area contributed by atoms with Gasteiger partial charge in [-0.2, -0.15) is 0 Å². The van der Waals surface area contributed by atoms with E-state index in [0.717, 1.165) is 52.5 Å². The van der Waals surface area contributed by atoms with Gasteiger partial charge in [0.1, 0.15) is 17.3 Å². The highest BCUT2D eigenvalue weighted by atomic mass is 15.1. The predicted octanol–water partition coefficient (Wildman–Crippen LogP) is 3.57. The topological polar surface area (TPSA) is 56.7 Å². The van der Waals surface area contributed by atoms with Gasteiger partial charge >= 0.3 is 0 Å². The molecule has 2 aromatic heterocycles. The zero-order valence-corrected chi connectivity index (χ0v) is 12.7. The highest BCUT2D eigenvalue weighted by Crippen LogP contribution is 2.29. The summed E-state index contributed by atoms with van der Waals surface area (Å²) in [6.45, 7) is 7.04. The van der Waals surface area contributed by atoms with E-state index in [4.69, 9.17) is 10.7 Å². The summed E-state index contributed by atoms with van der Waals surface area (Å²) >= 11 is 0. The second-order valence-electron chi connectivity index (χ2n) is 5.22. The Morgan fingerprint density at radius 2 is 1.90 bits per heavy atom. The Hall–Kier alpha value is -2.36. The first-order valence-electron chi connectivity index (χ1n) is 7.36. The Bertz CT molecular complexity index is 802. The fraction of sp³-hybridized carbons (Fsp3) is 0.294. The van der Waals surface area contributed by atoms with Crippen molar-refractivity contribution in [2.24, 2.45) is 0 Å². The third-order valence-electron chi connectivity index (χ3n) is 3.82. The SMILES string of the molecule is CCc1nc(-c2ccc3nc(C)ccc3c2)c(N)n1CC. The normalized spacial score (nSPS) is 11.2. The van der Waals surface area contributed by atoms with Crippen LogP contribution >= 0.6 is 0 Å². The Labute approximate surface area is 124 Å². The minimum Gasteiger partial charge on any atom is -0.383 e. The van der Waals surface area contributed by atoms with Crippen LogP contribution in [0.3, 0.4) is 0 Å². The number of nitrogen functional groups attached to an aromatic ring is 1. The number of hydrogen-bond acceptors (Lipinski definition) is 3. The Balaban J connectivity index is 2.16. The van der Waals surface area contributed by atoms with Crippen LogP contribution in [0.25, 0.3) is 22.2 Å². The number of imidazole rings is 1. The van der Waals surface area contributed by atoms with Gasteiger partial charge in [0.05, 0.1) is 5.52 Å². The number of rotatable bonds is 3. The molecule has 3 aromatic rings. The summed E-state index contributed by atoms with van der Waals surface area (Å²) in [5, 5.41) is 1.11. The molecular weight excluding hydrogens is 260 g/mol. The van der Waals surface area contributed by atoms with E-state index >= 15 is 0 Å². The molecule has 0 bridgehead atoms. The maximum Gasteiger partial charge on any atom is 0.131 e. The monoisotopic (exact) mass is 280 g/mol. The number of nitrogens with zero attached hydrogens (tertiary/aromatic N) is 3. The summed E-state index contributed by atoms with van der Waals surface area (Å²) in [4.78, 5) is 9.24. The van der Waals surface area contributed by atoms with E-state index in [1.54, 1.807) is 0 Å². The second-order valence-corrected chi connectivity index (χ2v) is 5.22. The third kappa shape index (κ3) is 2.27. The van der Waals surface area contributed by atoms with Crippen LogP contribution in [0.1, 0.15) is 25.4 Å². The molecule has 0 aliphatic carbocycles. The first-order valence-corrected chi connectivity index (χ1v) is 7.36. The smallest absolute Gasteiger partial charge is 0.131 e. The summed E-state index contributed by atoms with van der Waals surface area (Å²) in [7, 11) is 0. The maximum absolute atomic E-state index is 6.28.